The maximum atomic E-state index is 13.1. The van der Waals surface area contributed by atoms with E-state index >= 15 is 0 Å². The molecule has 2 heterocycles. The Hall–Kier alpha value is -3.73. The second-order valence-corrected chi connectivity index (χ2v) is 6.76. The van der Waals surface area contributed by atoms with E-state index in [-0.39, 0.29) is 50.5 Å². The van der Waals surface area contributed by atoms with E-state index in [9.17, 15) is 14.0 Å². The lowest BCUT2D eigenvalue weighted by molar-refractivity contribution is -0.126. The second kappa shape index (κ2) is 8.74. The summed E-state index contributed by atoms with van der Waals surface area (Å²) >= 11 is 0. The van der Waals surface area contributed by atoms with Crippen molar-refractivity contribution in [3.63, 3.8) is 0 Å². The van der Waals surface area contributed by atoms with E-state index in [4.69, 9.17) is 14.2 Å². The average Bonchev–Trinajstić information content (AvgIpc) is 3.37. The number of benzene rings is 2. The minimum absolute atomic E-state index is 0.115. The van der Waals surface area contributed by atoms with E-state index in [1.54, 1.807) is 18.2 Å². The average molecular weight is 410 g/mol. The summed E-state index contributed by atoms with van der Waals surface area (Å²) in [7, 11) is 0. The molecule has 0 aromatic heterocycles. The highest BCUT2D eigenvalue weighted by molar-refractivity contribution is 6.00. The molecule has 2 aromatic rings. The molecule has 1 fully saturated rings. The van der Waals surface area contributed by atoms with Gasteiger partial charge in [-0.25, -0.2) is 4.39 Å². The number of nitrogens with zero attached hydrogens (tertiary/aromatic N) is 1. The van der Waals surface area contributed by atoms with Crippen LogP contribution in [0.1, 0.15) is 6.42 Å². The maximum absolute atomic E-state index is 13.1. The Kier molecular flexibility index (Phi) is 5.70. The number of carbonyl (C=O) groups excluding carboxylic acids is 2. The van der Waals surface area contributed by atoms with Crippen molar-refractivity contribution in [3.8, 4) is 29.1 Å². The van der Waals surface area contributed by atoms with Crippen molar-refractivity contribution >= 4 is 17.5 Å². The second-order valence-electron chi connectivity index (χ2n) is 6.76. The van der Waals surface area contributed by atoms with E-state index in [1.165, 1.54) is 29.2 Å². The van der Waals surface area contributed by atoms with Crippen molar-refractivity contribution in [2.45, 2.75) is 6.42 Å². The standard InChI is InChI=1S/C22H19FN2O5/c23-16-3-5-17(6-4-16)25-13-15(11-21(25)26)22(27)24-9-1-2-10-28-18-7-8-19-20(12-18)30-14-29-19/h3-8,12,15H,9-11,13-14H2,(H,24,27)/t15-/m0/s1. The number of halogens is 1. The summed E-state index contributed by atoms with van der Waals surface area (Å²) in [4.78, 5) is 26.0. The number of anilines is 1. The van der Waals surface area contributed by atoms with Gasteiger partial charge >= 0.3 is 0 Å². The molecule has 2 aliphatic heterocycles. The van der Waals surface area contributed by atoms with Crippen molar-refractivity contribution < 1.29 is 28.2 Å². The Labute approximate surface area is 172 Å². The van der Waals surface area contributed by atoms with Crippen LogP contribution in [0.3, 0.4) is 0 Å². The van der Waals surface area contributed by atoms with Gasteiger partial charge in [0.1, 0.15) is 18.2 Å². The summed E-state index contributed by atoms with van der Waals surface area (Å²) in [6, 6.07) is 10.9. The molecular formula is C22H19FN2O5. The molecule has 0 saturated carbocycles. The van der Waals surface area contributed by atoms with Crippen molar-refractivity contribution in [3.05, 3.63) is 48.3 Å². The predicted molar refractivity (Wildman–Crippen MR) is 106 cm³/mol. The number of rotatable bonds is 5. The van der Waals surface area contributed by atoms with Crippen LogP contribution in [0.4, 0.5) is 10.1 Å². The molecule has 30 heavy (non-hydrogen) atoms. The van der Waals surface area contributed by atoms with Crippen LogP contribution >= 0.6 is 0 Å². The Morgan fingerprint density at radius 1 is 1.17 bits per heavy atom. The Bertz CT molecular complexity index is 1010. The third kappa shape index (κ3) is 4.46. The van der Waals surface area contributed by atoms with E-state index in [1.807, 2.05) is 0 Å². The molecular weight excluding hydrogens is 391 g/mol. The lowest BCUT2D eigenvalue weighted by atomic mass is 10.1. The third-order valence-electron chi connectivity index (χ3n) is 4.77. The molecule has 2 amide bonds. The normalized spacial score (nSPS) is 16.8. The molecule has 0 radical (unpaired) electrons. The third-order valence-corrected chi connectivity index (χ3v) is 4.77. The highest BCUT2D eigenvalue weighted by atomic mass is 19.1. The minimum atomic E-state index is -0.464. The number of nitrogens with one attached hydrogen (secondary N) is 1. The van der Waals surface area contributed by atoms with Crippen LogP contribution in [0, 0.1) is 23.6 Å². The zero-order chi connectivity index (χ0) is 20.9. The molecule has 2 aliphatic rings. The van der Waals surface area contributed by atoms with Crippen molar-refractivity contribution in [2.75, 3.05) is 31.4 Å². The summed E-state index contributed by atoms with van der Waals surface area (Å²) in [6.07, 6.45) is 0.115. The highest BCUT2D eigenvalue weighted by Crippen LogP contribution is 2.35. The van der Waals surface area contributed by atoms with Crippen LogP contribution < -0.4 is 24.4 Å². The summed E-state index contributed by atoms with van der Waals surface area (Å²) in [6.45, 7) is 0.782. The van der Waals surface area contributed by atoms with Crippen LogP contribution in [0.25, 0.3) is 0 Å². The summed E-state index contributed by atoms with van der Waals surface area (Å²) in [5, 5.41) is 2.72. The molecule has 154 valence electrons. The van der Waals surface area contributed by atoms with Gasteiger partial charge in [-0.2, -0.15) is 0 Å². The van der Waals surface area contributed by atoms with Gasteiger partial charge in [0, 0.05) is 24.7 Å². The number of ether oxygens (including phenoxy) is 3. The smallest absolute Gasteiger partial charge is 0.231 e. The largest absolute Gasteiger partial charge is 0.481 e. The quantitative estimate of drug-likeness (QED) is 0.764. The molecule has 0 bridgehead atoms. The lowest BCUT2D eigenvalue weighted by Gasteiger charge is -2.16. The highest BCUT2D eigenvalue weighted by Gasteiger charge is 2.34. The molecule has 1 N–H and O–H groups in total. The van der Waals surface area contributed by atoms with Gasteiger partial charge < -0.3 is 24.4 Å². The van der Waals surface area contributed by atoms with Gasteiger partial charge in [-0.1, -0.05) is 11.8 Å². The van der Waals surface area contributed by atoms with E-state index < -0.39 is 5.92 Å². The van der Waals surface area contributed by atoms with Gasteiger partial charge in [-0.05, 0) is 36.4 Å². The van der Waals surface area contributed by atoms with Crippen LogP contribution in [0.2, 0.25) is 0 Å². The zero-order valence-corrected chi connectivity index (χ0v) is 16.0. The van der Waals surface area contributed by atoms with Crippen LogP contribution in [-0.2, 0) is 9.59 Å². The van der Waals surface area contributed by atoms with E-state index in [0.717, 1.165) is 0 Å². The number of carbonyl (C=O) groups is 2. The molecule has 0 spiro atoms. The van der Waals surface area contributed by atoms with Crippen LogP contribution in [0.5, 0.6) is 17.2 Å². The fourth-order valence-corrected chi connectivity index (χ4v) is 3.23. The topological polar surface area (TPSA) is 77.1 Å². The summed E-state index contributed by atoms with van der Waals surface area (Å²) in [5.41, 5.74) is 0.581. The summed E-state index contributed by atoms with van der Waals surface area (Å²) < 4.78 is 29.1. The minimum Gasteiger partial charge on any atom is -0.481 e. The van der Waals surface area contributed by atoms with E-state index in [2.05, 4.69) is 17.2 Å². The fraction of sp³-hybridized carbons (Fsp3) is 0.273. The van der Waals surface area contributed by atoms with E-state index in [0.29, 0.717) is 22.9 Å². The van der Waals surface area contributed by atoms with Gasteiger partial charge in [-0.15, -0.1) is 0 Å². The molecule has 7 nitrogen and oxygen atoms in total. The number of fused-ring (bicyclic) bond motifs is 1. The van der Waals surface area contributed by atoms with Crippen molar-refractivity contribution in [1.29, 1.82) is 0 Å². The summed E-state index contributed by atoms with van der Waals surface area (Å²) in [5.74, 6) is 6.33. The molecule has 4 rings (SSSR count). The first-order chi connectivity index (χ1) is 14.6. The molecule has 0 aliphatic carbocycles. The first kappa shape index (κ1) is 19.6. The molecule has 1 saturated heterocycles. The van der Waals surface area contributed by atoms with Gasteiger partial charge in [0.2, 0.25) is 18.6 Å². The van der Waals surface area contributed by atoms with Gasteiger partial charge in [0.15, 0.2) is 11.5 Å². The Morgan fingerprint density at radius 2 is 1.97 bits per heavy atom. The van der Waals surface area contributed by atoms with Crippen molar-refractivity contribution in [2.24, 2.45) is 5.92 Å². The number of hydrogen-bond acceptors (Lipinski definition) is 5. The van der Waals surface area contributed by atoms with Crippen LogP contribution in [0.15, 0.2) is 42.5 Å². The number of amides is 2. The van der Waals surface area contributed by atoms with Crippen LogP contribution in [-0.4, -0.2) is 38.3 Å². The lowest BCUT2D eigenvalue weighted by Crippen LogP contribution is -2.33. The molecule has 0 unspecified atom stereocenters. The molecule has 8 heteroatoms. The molecule has 1 atom stereocenters. The Morgan fingerprint density at radius 3 is 2.80 bits per heavy atom. The van der Waals surface area contributed by atoms with Gasteiger partial charge in [0.25, 0.3) is 0 Å². The molecule has 2 aromatic carbocycles. The fourth-order valence-electron chi connectivity index (χ4n) is 3.23. The first-order valence-electron chi connectivity index (χ1n) is 9.42. The number of hydrogen-bond donors (Lipinski definition) is 1. The van der Waals surface area contributed by atoms with Gasteiger partial charge in [0.05, 0.1) is 12.5 Å². The predicted octanol–water partition coefficient (Wildman–Crippen LogP) is 2.11. The van der Waals surface area contributed by atoms with Crippen molar-refractivity contribution in [1.82, 2.24) is 5.32 Å². The SMILES string of the molecule is O=C(NCC#CCOc1ccc2c(c1)OCO2)[C@H]1CC(=O)N(c2ccc(F)cc2)C1. The van der Waals surface area contributed by atoms with Gasteiger partial charge in [-0.3, -0.25) is 9.59 Å². The monoisotopic (exact) mass is 410 g/mol. The maximum Gasteiger partial charge on any atom is 0.231 e. The Balaban J connectivity index is 1.21. The first-order valence-corrected chi connectivity index (χ1v) is 9.42. The zero-order valence-electron chi connectivity index (χ0n) is 16.0.